The molecular weight excluding hydrogens is 264 g/mol. The van der Waals surface area contributed by atoms with Gasteiger partial charge in [0.05, 0.1) is 0 Å². The molecule has 0 aliphatic heterocycles. The van der Waals surface area contributed by atoms with Gasteiger partial charge in [-0.25, -0.2) is 0 Å². The Morgan fingerprint density at radius 1 is 1.19 bits per heavy atom. The Balaban J connectivity index is 2.48. The van der Waals surface area contributed by atoms with E-state index in [0.717, 1.165) is 29.3 Å². The van der Waals surface area contributed by atoms with E-state index in [1.54, 1.807) is 0 Å². The summed E-state index contributed by atoms with van der Waals surface area (Å²) in [7, 11) is 0. The van der Waals surface area contributed by atoms with Crippen molar-refractivity contribution in [3.63, 3.8) is 0 Å². The second-order valence-corrected chi connectivity index (χ2v) is 5.14. The van der Waals surface area contributed by atoms with E-state index in [1.165, 1.54) is 0 Å². The minimum atomic E-state index is 0.357. The highest BCUT2D eigenvalue weighted by molar-refractivity contribution is 9.10. The summed E-state index contributed by atoms with van der Waals surface area (Å²) in [5, 5.41) is 0. The second-order valence-electron chi connectivity index (χ2n) is 4.23. The van der Waals surface area contributed by atoms with Crippen LogP contribution in [0.1, 0.15) is 38.7 Å². The molecule has 1 aromatic carbocycles. The van der Waals surface area contributed by atoms with Crippen LogP contribution in [0.4, 0.5) is 0 Å². The van der Waals surface area contributed by atoms with Crippen LogP contribution in [0, 0.1) is 5.92 Å². The fourth-order valence-electron chi connectivity index (χ4n) is 1.80. The summed E-state index contributed by atoms with van der Waals surface area (Å²) >= 11 is 3.39. The number of hydrogen-bond acceptors (Lipinski definition) is 1. The summed E-state index contributed by atoms with van der Waals surface area (Å²) in [5.74, 6) is 0.916. The lowest BCUT2D eigenvalue weighted by Crippen LogP contribution is -2.09. The van der Waals surface area contributed by atoms with Gasteiger partial charge < -0.3 is 0 Å². The first kappa shape index (κ1) is 13.4. The number of rotatable bonds is 6. The number of carbonyl (C=O) groups is 1. The molecule has 16 heavy (non-hydrogen) atoms. The van der Waals surface area contributed by atoms with E-state index in [-0.39, 0.29) is 0 Å². The maximum absolute atomic E-state index is 11.8. The van der Waals surface area contributed by atoms with Crippen molar-refractivity contribution in [2.45, 2.75) is 39.5 Å². The van der Waals surface area contributed by atoms with E-state index in [2.05, 4.69) is 29.8 Å². The molecule has 0 aliphatic carbocycles. The monoisotopic (exact) mass is 282 g/mol. The van der Waals surface area contributed by atoms with Crippen molar-refractivity contribution in [1.82, 2.24) is 0 Å². The van der Waals surface area contributed by atoms with Crippen LogP contribution < -0.4 is 0 Å². The minimum Gasteiger partial charge on any atom is -0.299 e. The standard InChI is InChI=1S/C14H19BrO/c1-3-11(4-2)9-14(16)10-12-5-7-13(15)8-6-12/h5-8,11H,3-4,9-10H2,1-2H3. The van der Waals surface area contributed by atoms with Gasteiger partial charge in [-0.05, 0) is 23.6 Å². The smallest absolute Gasteiger partial charge is 0.137 e. The zero-order chi connectivity index (χ0) is 12.0. The molecule has 0 aromatic heterocycles. The summed E-state index contributed by atoms with van der Waals surface area (Å²) in [4.78, 5) is 11.8. The first-order chi connectivity index (χ1) is 7.65. The average molecular weight is 283 g/mol. The van der Waals surface area contributed by atoms with Crippen LogP contribution >= 0.6 is 15.9 Å². The van der Waals surface area contributed by atoms with E-state index < -0.39 is 0 Å². The molecule has 0 aliphatic rings. The number of halogens is 1. The van der Waals surface area contributed by atoms with E-state index in [9.17, 15) is 4.79 Å². The molecule has 0 bridgehead atoms. The highest BCUT2D eigenvalue weighted by Gasteiger charge is 2.10. The quantitative estimate of drug-likeness (QED) is 0.756. The topological polar surface area (TPSA) is 17.1 Å². The summed E-state index contributed by atoms with van der Waals surface area (Å²) in [6.07, 6.45) is 3.50. The van der Waals surface area contributed by atoms with Crippen molar-refractivity contribution in [3.8, 4) is 0 Å². The van der Waals surface area contributed by atoms with Gasteiger partial charge in [0, 0.05) is 17.3 Å². The molecule has 0 heterocycles. The van der Waals surface area contributed by atoms with Crippen molar-refractivity contribution in [2.24, 2.45) is 5.92 Å². The molecular formula is C14H19BrO. The van der Waals surface area contributed by atoms with E-state index in [0.29, 0.717) is 18.1 Å². The predicted octanol–water partition coefficient (Wildman–Crippen LogP) is 4.39. The normalized spacial score (nSPS) is 10.8. The lowest BCUT2D eigenvalue weighted by Gasteiger charge is -2.10. The number of Topliss-reactive ketones (excluding diaryl/α,β-unsaturated/α-hetero) is 1. The first-order valence-electron chi connectivity index (χ1n) is 5.91. The Kier molecular flexibility index (Phi) is 5.75. The van der Waals surface area contributed by atoms with Gasteiger partial charge in [0.15, 0.2) is 0 Å². The third-order valence-corrected chi connectivity index (χ3v) is 3.51. The third-order valence-electron chi connectivity index (χ3n) is 2.99. The lowest BCUT2D eigenvalue weighted by atomic mass is 9.94. The molecule has 88 valence electrons. The summed E-state index contributed by atoms with van der Waals surface area (Å²) < 4.78 is 1.06. The Labute approximate surface area is 106 Å². The molecule has 1 rings (SSSR count). The fourth-order valence-corrected chi connectivity index (χ4v) is 2.07. The third kappa shape index (κ3) is 4.48. The molecule has 0 saturated carbocycles. The van der Waals surface area contributed by atoms with Crippen LogP contribution in [-0.2, 0) is 11.2 Å². The number of benzene rings is 1. The summed E-state index contributed by atoms with van der Waals surface area (Å²) in [6.45, 7) is 4.31. The van der Waals surface area contributed by atoms with Gasteiger partial charge in [0.2, 0.25) is 0 Å². The Morgan fingerprint density at radius 2 is 1.75 bits per heavy atom. The van der Waals surface area contributed by atoms with E-state index >= 15 is 0 Å². The molecule has 0 unspecified atom stereocenters. The van der Waals surface area contributed by atoms with Gasteiger partial charge in [0.1, 0.15) is 5.78 Å². The molecule has 0 atom stereocenters. The Bertz CT molecular complexity index is 325. The van der Waals surface area contributed by atoms with Crippen LogP contribution in [0.2, 0.25) is 0 Å². The van der Waals surface area contributed by atoms with E-state index in [4.69, 9.17) is 0 Å². The van der Waals surface area contributed by atoms with Crippen LogP contribution in [0.25, 0.3) is 0 Å². The highest BCUT2D eigenvalue weighted by Crippen LogP contribution is 2.16. The predicted molar refractivity (Wildman–Crippen MR) is 71.5 cm³/mol. The van der Waals surface area contributed by atoms with Gasteiger partial charge in [-0.1, -0.05) is 54.8 Å². The number of hydrogen-bond donors (Lipinski definition) is 0. The largest absolute Gasteiger partial charge is 0.299 e. The Morgan fingerprint density at radius 3 is 2.25 bits per heavy atom. The summed E-state index contributed by atoms with van der Waals surface area (Å²) in [5.41, 5.74) is 1.11. The van der Waals surface area contributed by atoms with Crippen LogP contribution in [0.15, 0.2) is 28.7 Å². The molecule has 0 amide bonds. The molecule has 1 aromatic rings. The van der Waals surface area contributed by atoms with Gasteiger partial charge >= 0.3 is 0 Å². The average Bonchev–Trinajstić information content (AvgIpc) is 2.29. The van der Waals surface area contributed by atoms with Crippen molar-refractivity contribution in [3.05, 3.63) is 34.3 Å². The lowest BCUT2D eigenvalue weighted by molar-refractivity contribution is -0.119. The maximum atomic E-state index is 11.8. The molecule has 0 N–H and O–H groups in total. The Hall–Kier alpha value is -0.630. The van der Waals surface area contributed by atoms with Crippen molar-refractivity contribution in [1.29, 1.82) is 0 Å². The first-order valence-corrected chi connectivity index (χ1v) is 6.71. The van der Waals surface area contributed by atoms with E-state index in [1.807, 2.05) is 24.3 Å². The number of ketones is 1. The molecule has 2 heteroatoms. The van der Waals surface area contributed by atoms with Crippen LogP contribution in [0.3, 0.4) is 0 Å². The van der Waals surface area contributed by atoms with Crippen molar-refractivity contribution >= 4 is 21.7 Å². The molecule has 0 fully saturated rings. The van der Waals surface area contributed by atoms with Gasteiger partial charge in [-0.3, -0.25) is 4.79 Å². The minimum absolute atomic E-state index is 0.357. The molecule has 0 spiro atoms. The molecule has 0 saturated heterocycles. The highest BCUT2D eigenvalue weighted by atomic mass is 79.9. The van der Waals surface area contributed by atoms with Gasteiger partial charge in [-0.15, -0.1) is 0 Å². The van der Waals surface area contributed by atoms with Crippen molar-refractivity contribution in [2.75, 3.05) is 0 Å². The van der Waals surface area contributed by atoms with Gasteiger partial charge in [0.25, 0.3) is 0 Å². The molecule has 1 nitrogen and oxygen atoms in total. The zero-order valence-corrected chi connectivity index (χ0v) is 11.6. The fraction of sp³-hybridized carbons (Fsp3) is 0.500. The molecule has 0 radical (unpaired) electrons. The van der Waals surface area contributed by atoms with Crippen LogP contribution in [0.5, 0.6) is 0 Å². The number of carbonyl (C=O) groups excluding carboxylic acids is 1. The van der Waals surface area contributed by atoms with Crippen molar-refractivity contribution < 1.29 is 4.79 Å². The second kappa shape index (κ2) is 6.85. The summed E-state index contributed by atoms with van der Waals surface area (Å²) in [6, 6.07) is 7.99. The SMILES string of the molecule is CCC(CC)CC(=O)Cc1ccc(Br)cc1. The van der Waals surface area contributed by atoms with Crippen LogP contribution in [-0.4, -0.2) is 5.78 Å². The maximum Gasteiger partial charge on any atom is 0.137 e. The zero-order valence-electron chi connectivity index (χ0n) is 10.0. The van der Waals surface area contributed by atoms with Gasteiger partial charge in [-0.2, -0.15) is 0 Å².